The molecule has 4 rings (SSSR count). The Bertz CT molecular complexity index is 1080. The number of hydrogen-bond donors (Lipinski definition) is 2. The molecule has 2 aromatic carbocycles. The van der Waals surface area contributed by atoms with Crippen molar-refractivity contribution in [2.24, 2.45) is 0 Å². The van der Waals surface area contributed by atoms with Crippen molar-refractivity contribution >= 4 is 11.0 Å². The van der Waals surface area contributed by atoms with Gasteiger partial charge in [-0.05, 0) is 80.6 Å². The number of fused-ring (bicyclic) bond motifs is 1. The molecule has 0 amide bonds. The third kappa shape index (κ3) is 5.00. The number of nitrogens with two attached hydrogens (primary N) is 1. The van der Waals surface area contributed by atoms with Gasteiger partial charge in [-0.2, -0.15) is 0 Å². The van der Waals surface area contributed by atoms with Crippen molar-refractivity contribution in [3.05, 3.63) is 75.1 Å². The molecule has 0 aliphatic carbocycles. The van der Waals surface area contributed by atoms with Crippen LogP contribution in [0.25, 0.3) is 11.0 Å². The fourth-order valence-electron chi connectivity index (χ4n) is 4.79. The van der Waals surface area contributed by atoms with Gasteiger partial charge < -0.3 is 19.4 Å². The van der Waals surface area contributed by atoms with Gasteiger partial charge >= 0.3 is 5.63 Å². The SMILES string of the molecule is COc1ccc([C@@H](C[NH2+]Cc2cc(=O)oc3cc(C)c(C)cc23)[NH+]2CCCCC2)cc1. The average molecular weight is 423 g/mol. The number of benzene rings is 2. The van der Waals surface area contributed by atoms with Gasteiger partial charge in [-0.1, -0.05) is 0 Å². The highest BCUT2D eigenvalue weighted by molar-refractivity contribution is 5.81. The van der Waals surface area contributed by atoms with E-state index >= 15 is 0 Å². The van der Waals surface area contributed by atoms with Crippen molar-refractivity contribution in [2.45, 2.75) is 45.7 Å². The van der Waals surface area contributed by atoms with Crippen LogP contribution in [0.15, 0.2) is 51.7 Å². The first-order valence-electron chi connectivity index (χ1n) is 11.4. The van der Waals surface area contributed by atoms with Crippen LogP contribution in [0.1, 0.15) is 47.6 Å². The zero-order valence-corrected chi connectivity index (χ0v) is 18.9. The van der Waals surface area contributed by atoms with Crippen LogP contribution in [0, 0.1) is 13.8 Å². The van der Waals surface area contributed by atoms with E-state index in [2.05, 4.69) is 49.5 Å². The molecule has 0 unspecified atom stereocenters. The molecule has 1 fully saturated rings. The fraction of sp³-hybridized carbons (Fsp3) is 0.423. The Labute approximate surface area is 184 Å². The summed E-state index contributed by atoms with van der Waals surface area (Å²) in [6, 6.07) is 14.8. The number of nitrogens with one attached hydrogen (secondary N) is 1. The molecule has 1 aliphatic rings. The molecule has 5 nitrogen and oxygen atoms in total. The molecule has 1 atom stereocenters. The predicted octanol–water partition coefficient (Wildman–Crippen LogP) is 2.29. The molecule has 3 aromatic rings. The van der Waals surface area contributed by atoms with Crippen LogP contribution in [0.3, 0.4) is 0 Å². The first-order valence-corrected chi connectivity index (χ1v) is 11.4. The topological polar surface area (TPSA) is 60.5 Å². The summed E-state index contributed by atoms with van der Waals surface area (Å²) in [5.74, 6) is 0.897. The number of hydrogen-bond acceptors (Lipinski definition) is 3. The minimum atomic E-state index is -0.271. The van der Waals surface area contributed by atoms with E-state index < -0.39 is 0 Å². The van der Waals surface area contributed by atoms with Crippen molar-refractivity contribution in [2.75, 3.05) is 26.7 Å². The summed E-state index contributed by atoms with van der Waals surface area (Å²) in [5.41, 5.74) is 5.19. The first-order chi connectivity index (χ1) is 15.0. The Balaban J connectivity index is 1.54. The van der Waals surface area contributed by atoms with Gasteiger partial charge in [0, 0.05) is 22.6 Å². The average Bonchev–Trinajstić information content (AvgIpc) is 2.78. The Kier molecular flexibility index (Phi) is 6.73. The smallest absolute Gasteiger partial charge is 0.336 e. The lowest BCUT2D eigenvalue weighted by Gasteiger charge is -2.31. The minimum absolute atomic E-state index is 0.271. The van der Waals surface area contributed by atoms with Gasteiger partial charge in [0.1, 0.15) is 24.4 Å². The second-order valence-corrected chi connectivity index (χ2v) is 8.80. The van der Waals surface area contributed by atoms with Crippen molar-refractivity contribution in [1.29, 1.82) is 0 Å². The molecule has 0 bridgehead atoms. The van der Waals surface area contributed by atoms with Crippen LogP contribution in [-0.4, -0.2) is 26.7 Å². The van der Waals surface area contributed by atoms with Crippen LogP contribution < -0.4 is 20.6 Å². The number of piperidine rings is 1. The molecule has 0 spiro atoms. The summed E-state index contributed by atoms with van der Waals surface area (Å²) in [6.07, 6.45) is 3.93. The third-order valence-corrected chi connectivity index (χ3v) is 6.72. The molecule has 31 heavy (non-hydrogen) atoms. The van der Waals surface area contributed by atoms with Crippen LogP contribution in [0.4, 0.5) is 0 Å². The molecule has 164 valence electrons. The summed E-state index contributed by atoms with van der Waals surface area (Å²) in [6.45, 7) is 8.35. The molecule has 3 N–H and O–H groups in total. The van der Waals surface area contributed by atoms with E-state index in [9.17, 15) is 4.79 Å². The van der Waals surface area contributed by atoms with Gasteiger partial charge in [0.2, 0.25) is 0 Å². The molecular weight excluding hydrogens is 388 g/mol. The molecular formula is C26H34N2O3+2. The number of aryl methyl sites for hydroxylation is 2. The largest absolute Gasteiger partial charge is 0.497 e. The zero-order valence-electron chi connectivity index (χ0n) is 18.9. The quantitative estimate of drug-likeness (QED) is 0.575. The standard InChI is InChI=1S/C26H32N2O3/c1-18-13-23-21(15-26(29)31-25(23)14-19(18)2)16-27-17-24(28-11-5-4-6-12-28)20-7-9-22(30-3)10-8-20/h7-10,13-15,24,27H,4-6,11-12,16-17H2,1-3H3/p+2/t24-/m1/s1. The normalized spacial score (nSPS) is 15.8. The predicted molar refractivity (Wildman–Crippen MR) is 123 cm³/mol. The van der Waals surface area contributed by atoms with Gasteiger partial charge in [0.15, 0.2) is 6.04 Å². The van der Waals surface area contributed by atoms with Gasteiger partial charge in [0.05, 0.1) is 20.2 Å². The fourth-order valence-corrected chi connectivity index (χ4v) is 4.79. The van der Waals surface area contributed by atoms with Crippen LogP contribution in [0.2, 0.25) is 0 Å². The van der Waals surface area contributed by atoms with Crippen LogP contribution >= 0.6 is 0 Å². The number of ether oxygens (including phenoxy) is 1. The third-order valence-electron chi connectivity index (χ3n) is 6.72. The summed E-state index contributed by atoms with van der Waals surface area (Å²) >= 11 is 0. The summed E-state index contributed by atoms with van der Waals surface area (Å²) < 4.78 is 10.8. The molecule has 0 saturated carbocycles. The maximum absolute atomic E-state index is 12.1. The maximum Gasteiger partial charge on any atom is 0.336 e. The number of quaternary nitrogens is 2. The minimum Gasteiger partial charge on any atom is -0.497 e. The molecule has 1 saturated heterocycles. The lowest BCUT2D eigenvalue weighted by atomic mass is 10.0. The second-order valence-electron chi connectivity index (χ2n) is 8.80. The Morgan fingerprint density at radius 3 is 2.45 bits per heavy atom. The van der Waals surface area contributed by atoms with Crippen LogP contribution in [-0.2, 0) is 6.54 Å². The summed E-state index contributed by atoms with van der Waals surface area (Å²) in [4.78, 5) is 13.8. The van der Waals surface area contributed by atoms with E-state index in [1.807, 2.05) is 6.07 Å². The van der Waals surface area contributed by atoms with Crippen molar-refractivity contribution in [3.8, 4) is 5.75 Å². The van der Waals surface area contributed by atoms with Gasteiger partial charge in [0.25, 0.3) is 0 Å². The van der Waals surface area contributed by atoms with Gasteiger partial charge in [-0.25, -0.2) is 4.79 Å². The highest BCUT2D eigenvalue weighted by Crippen LogP contribution is 2.21. The Morgan fingerprint density at radius 2 is 1.74 bits per heavy atom. The van der Waals surface area contributed by atoms with E-state index in [-0.39, 0.29) is 5.63 Å². The van der Waals surface area contributed by atoms with Crippen LogP contribution in [0.5, 0.6) is 5.75 Å². The van der Waals surface area contributed by atoms with Crippen molar-refractivity contribution < 1.29 is 19.4 Å². The second kappa shape index (κ2) is 9.67. The molecule has 1 aromatic heterocycles. The lowest BCUT2D eigenvalue weighted by molar-refractivity contribution is -0.950. The Morgan fingerprint density at radius 1 is 1.03 bits per heavy atom. The van der Waals surface area contributed by atoms with E-state index in [1.54, 1.807) is 18.1 Å². The maximum atomic E-state index is 12.1. The highest BCUT2D eigenvalue weighted by Gasteiger charge is 2.27. The van der Waals surface area contributed by atoms with E-state index in [0.717, 1.165) is 35.4 Å². The van der Waals surface area contributed by atoms with E-state index in [1.165, 1.54) is 43.5 Å². The van der Waals surface area contributed by atoms with Gasteiger partial charge in [-0.15, -0.1) is 0 Å². The first kappa shape index (κ1) is 21.6. The lowest BCUT2D eigenvalue weighted by Crippen LogP contribution is -3.15. The summed E-state index contributed by atoms with van der Waals surface area (Å²) in [7, 11) is 1.71. The molecule has 0 radical (unpaired) electrons. The summed E-state index contributed by atoms with van der Waals surface area (Å²) in [5, 5.41) is 3.39. The van der Waals surface area contributed by atoms with Crippen molar-refractivity contribution in [3.63, 3.8) is 0 Å². The van der Waals surface area contributed by atoms with E-state index in [0.29, 0.717) is 11.6 Å². The van der Waals surface area contributed by atoms with E-state index in [4.69, 9.17) is 9.15 Å². The molecule has 1 aliphatic heterocycles. The Hall–Kier alpha value is -2.63. The highest BCUT2D eigenvalue weighted by atomic mass is 16.5. The van der Waals surface area contributed by atoms with Crippen molar-refractivity contribution in [1.82, 2.24) is 0 Å². The number of rotatable bonds is 7. The molecule has 2 heterocycles. The number of likely N-dealkylation sites (tertiary alicyclic amines) is 1. The van der Waals surface area contributed by atoms with Gasteiger partial charge in [-0.3, -0.25) is 0 Å². The molecule has 5 heteroatoms. The monoisotopic (exact) mass is 422 g/mol. The number of methoxy groups -OCH3 is 1. The zero-order chi connectivity index (χ0) is 21.8.